The normalized spacial score (nSPS) is 10.8. The van der Waals surface area contributed by atoms with E-state index < -0.39 is 0 Å². The summed E-state index contributed by atoms with van der Waals surface area (Å²) in [5.74, 6) is -0.183. The minimum absolute atomic E-state index is 0.183. The molecule has 0 rings (SSSR count). The fraction of sp³-hybridized carbons (Fsp3) is 0.850. The first-order valence-electron chi connectivity index (χ1n) is 10.2. The highest BCUT2D eigenvalue weighted by atomic mass is 16.6. The Balaban J connectivity index is 3.03. The van der Waals surface area contributed by atoms with Crippen LogP contribution in [0.4, 0.5) is 0 Å². The van der Waals surface area contributed by atoms with Crippen LogP contribution in [0, 0.1) is 0 Å². The van der Waals surface area contributed by atoms with Crippen LogP contribution in [0.25, 0.3) is 0 Å². The zero-order chi connectivity index (χ0) is 21.3. The summed E-state index contributed by atoms with van der Waals surface area (Å²) >= 11 is 0. The molecule has 0 saturated heterocycles. The van der Waals surface area contributed by atoms with Gasteiger partial charge in [-0.15, -0.1) is 0 Å². The molecule has 9 heteroatoms. The standard InChI is InChI=1S/C20H38O9/c1-3-5-20(21)29-19-18-28-17-16-27-15-14-26-13-12-25-11-10-24-9-8-23-7-6-22-4-2/h4H,2-3,5-19H2,1H3. The molecular formula is C20H38O9. The average Bonchev–Trinajstić information content (AvgIpc) is 2.72. The van der Waals surface area contributed by atoms with E-state index in [1.807, 2.05) is 6.92 Å². The maximum atomic E-state index is 11.1. The van der Waals surface area contributed by atoms with E-state index in [4.69, 9.17) is 37.9 Å². The third-order valence-corrected chi connectivity index (χ3v) is 3.27. The number of hydrogen-bond acceptors (Lipinski definition) is 9. The molecule has 0 radical (unpaired) electrons. The van der Waals surface area contributed by atoms with Gasteiger partial charge in [-0.2, -0.15) is 0 Å². The van der Waals surface area contributed by atoms with Gasteiger partial charge in [-0.05, 0) is 6.42 Å². The first-order valence-corrected chi connectivity index (χ1v) is 10.2. The molecule has 0 N–H and O–H groups in total. The summed E-state index contributed by atoms with van der Waals surface area (Å²) in [7, 11) is 0. The smallest absolute Gasteiger partial charge is 0.305 e. The topological polar surface area (TPSA) is 90.9 Å². The molecule has 0 aromatic carbocycles. The molecule has 172 valence electrons. The molecular weight excluding hydrogens is 384 g/mol. The quantitative estimate of drug-likeness (QED) is 0.131. The second-order valence-corrected chi connectivity index (χ2v) is 5.68. The lowest BCUT2D eigenvalue weighted by Crippen LogP contribution is -2.15. The van der Waals surface area contributed by atoms with E-state index >= 15 is 0 Å². The van der Waals surface area contributed by atoms with Crippen molar-refractivity contribution in [1.29, 1.82) is 0 Å². The molecule has 9 nitrogen and oxygen atoms in total. The molecule has 29 heavy (non-hydrogen) atoms. The Morgan fingerprint density at radius 1 is 0.621 bits per heavy atom. The predicted octanol–water partition coefficient (Wildman–Crippen LogP) is 1.59. The Morgan fingerprint density at radius 2 is 0.966 bits per heavy atom. The minimum Gasteiger partial charge on any atom is -0.499 e. The van der Waals surface area contributed by atoms with Gasteiger partial charge in [0.2, 0.25) is 0 Å². The first kappa shape index (κ1) is 27.8. The highest BCUT2D eigenvalue weighted by Gasteiger charge is 1.99. The van der Waals surface area contributed by atoms with Crippen LogP contribution in [0.2, 0.25) is 0 Å². The van der Waals surface area contributed by atoms with Crippen molar-refractivity contribution in [3.63, 3.8) is 0 Å². The maximum Gasteiger partial charge on any atom is 0.305 e. The van der Waals surface area contributed by atoms with Gasteiger partial charge in [0.15, 0.2) is 0 Å². The van der Waals surface area contributed by atoms with Crippen molar-refractivity contribution in [3.8, 4) is 0 Å². The van der Waals surface area contributed by atoms with Gasteiger partial charge in [0.25, 0.3) is 0 Å². The van der Waals surface area contributed by atoms with Gasteiger partial charge in [0, 0.05) is 6.42 Å². The Morgan fingerprint density at radius 3 is 1.31 bits per heavy atom. The largest absolute Gasteiger partial charge is 0.499 e. The van der Waals surface area contributed by atoms with Gasteiger partial charge in [-0.1, -0.05) is 13.5 Å². The van der Waals surface area contributed by atoms with Crippen molar-refractivity contribution in [2.75, 3.05) is 92.5 Å². The molecule has 0 unspecified atom stereocenters. The Hall–Kier alpha value is -1.23. The summed E-state index contributed by atoms with van der Waals surface area (Å²) in [6, 6.07) is 0. The molecule has 0 fully saturated rings. The Kier molecular flexibility index (Phi) is 23.8. The van der Waals surface area contributed by atoms with Crippen LogP contribution in [0.15, 0.2) is 12.8 Å². The summed E-state index contributed by atoms with van der Waals surface area (Å²) < 4.78 is 42.0. The number of hydrogen-bond donors (Lipinski definition) is 0. The maximum absolute atomic E-state index is 11.1. The summed E-state index contributed by atoms with van der Waals surface area (Å²) in [6.07, 6.45) is 2.63. The molecule has 0 spiro atoms. The Labute approximate surface area is 174 Å². The molecule has 0 aromatic heterocycles. The molecule has 0 aliphatic carbocycles. The third-order valence-electron chi connectivity index (χ3n) is 3.27. The second kappa shape index (κ2) is 24.8. The van der Waals surface area contributed by atoms with E-state index in [1.165, 1.54) is 6.26 Å². The molecule has 0 aliphatic heterocycles. The van der Waals surface area contributed by atoms with Gasteiger partial charge in [0.1, 0.15) is 13.2 Å². The van der Waals surface area contributed by atoms with E-state index in [-0.39, 0.29) is 12.6 Å². The molecule has 0 aliphatic rings. The molecule has 0 aromatic rings. The van der Waals surface area contributed by atoms with Crippen LogP contribution in [0.3, 0.4) is 0 Å². The summed E-state index contributed by atoms with van der Waals surface area (Å²) in [4.78, 5) is 11.1. The van der Waals surface area contributed by atoms with Crippen LogP contribution in [0.1, 0.15) is 19.8 Å². The molecule has 0 bridgehead atoms. The van der Waals surface area contributed by atoms with E-state index in [9.17, 15) is 4.79 Å². The van der Waals surface area contributed by atoms with Crippen LogP contribution < -0.4 is 0 Å². The fourth-order valence-electron chi connectivity index (χ4n) is 1.88. The van der Waals surface area contributed by atoms with E-state index in [0.717, 1.165) is 6.42 Å². The van der Waals surface area contributed by atoms with E-state index in [1.54, 1.807) is 0 Å². The van der Waals surface area contributed by atoms with E-state index in [2.05, 4.69) is 6.58 Å². The van der Waals surface area contributed by atoms with Gasteiger partial charge >= 0.3 is 5.97 Å². The number of carbonyl (C=O) groups is 1. The van der Waals surface area contributed by atoms with Crippen LogP contribution in [-0.2, 0) is 42.7 Å². The van der Waals surface area contributed by atoms with Crippen LogP contribution >= 0.6 is 0 Å². The van der Waals surface area contributed by atoms with Crippen LogP contribution in [0.5, 0.6) is 0 Å². The lowest BCUT2D eigenvalue weighted by molar-refractivity contribution is -0.145. The van der Waals surface area contributed by atoms with Crippen molar-refractivity contribution in [1.82, 2.24) is 0 Å². The summed E-state index contributed by atoms with van der Waals surface area (Å²) in [5, 5.41) is 0. The summed E-state index contributed by atoms with van der Waals surface area (Å²) in [6.45, 7) is 12.1. The van der Waals surface area contributed by atoms with Gasteiger partial charge < -0.3 is 37.9 Å². The molecule has 0 atom stereocenters. The third kappa shape index (κ3) is 24.7. The number of carbonyl (C=O) groups excluding carboxylic acids is 1. The highest BCUT2D eigenvalue weighted by molar-refractivity contribution is 5.69. The lowest BCUT2D eigenvalue weighted by Gasteiger charge is -2.08. The van der Waals surface area contributed by atoms with Gasteiger partial charge in [-0.3, -0.25) is 4.79 Å². The lowest BCUT2D eigenvalue weighted by atomic mass is 10.3. The predicted molar refractivity (Wildman–Crippen MR) is 107 cm³/mol. The van der Waals surface area contributed by atoms with Crippen molar-refractivity contribution in [2.45, 2.75) is 19.8 Å². The molecule has 0 amide bonds. The van der Waals surface area contributed by atoms with E-state index in [0.29, 0.717) is 92.3 Å². The van der Waals surface area contributed by atoms with Gasteiger partial charge in [0.05, 0.1) is 85.5 Å². The highest BCUT2D eigenvalue weighted by Crippen LogP contribution is 1.91. The second-order valence-electron chi connectivity index (χ2n) is 5.68. The zero-order valence-electron chi connectivity index (χ0n) is 17.8. The van der Waals surface area contributed by atoms with Crippen molar-refractivity contribution < 1.29 is 42.7 Å². The number of ether oxygens (including phenoxy) is 8. The first-order chi connectivity index (χ1) is 14.3. The van der Waals surface area contributed by atoms with Crippen molar-refractivity contribution in [3.05, 3.63) is 12.8 Å². The Bertz CT molecular complexity index is 353. The monoisotopic (exact) mass is 422 g/mol. The van der Waals surface area contributed by atoms with Crippen LogP contribution in [-0.4, -0.2) is 98.5 Å². The fourth-order valence-corrected chi connectivity index (χ4v) is 1.88. The SMILES string of the molecule is C=COCCOCCOCCOCCOCCOCCOCCOC(=O)CCC. The zero-order valence-corrected chi connectivity index (χ0v) is 17.8. The molecule has 0 saturated carbocycles. The number of rotatable bonds is 24. The molecule has 0 heterocycles. The van der Waals surface area contributed by atoms with Gasteiger partial charge in [-0.25, -0.2) is 0 Å². The number of esters is 1. The van der Waals surface area contributed by atoms with Crippen molar-refractivity contribution >= 4 is 5.97 Å². The summed E-state index contributed by atoms with van der Waals surface area (Å²) in [5.41, 5.74) is 0. The minimum atomic E-state index is -0.183. The average molecular weight is 423 g/mol. The van der Waals surface area contributed by atoms with Crippen molar-refractivity contribution in [2.24, 2.45) is 0 Å².